The average molecular weight is 407 g/mol. The third kappa shape index (κ3) is 5.59. The molecular formula is C27H38N2O. The van der Waals surface area contributed by atoms with Gasteiger partial charge in [-0.2, -0.15) is 0 Å². The van der Waals surface area contributed by atoms with Crippen molar-refractivity contribution in [2.24, 2.45) is 0 Å². The maximum absolute atomic E-state index is 5.72. The van der Waals surface area contributed by atoms with Crippen molar-refractivity contribution in [2.45, 2.75) is 64.7 Å². The molecule has 0 aliphatic heterocycles. The molecule has 30 heavy (non-hydrogen) atoms. The van der Waals surface area contributed by atoms with E-state index in [9.17, 15) is 0 Å². The predicted molar refractivity (Wildman–Crippen MR) is 131 cm³/mol. The molecule has 1 aliphatic carbocycles. The van der Waals surface area contributed by atoms with Crippen LogP contribution in [0.3, 0.4) is 0 Å². The fourth-order valence-corrected chi connectivity index (χ4v) is 4.55. The van der Waals surface area contributed by atoms with Crippen molar-refractivity contribution in [1.82, 2.24) is 0 Å². The third-order valence-electron chi connectivity index (χ3n) is 6.14. The Hall–Kier alpha value is -2.42. The lowest BCUT2D eigenvalue weighted by Gasteiger charge is -2.26. The minimum absolute atomic E-state index is 0.736. The van der Waals surface area contributed by atoms with Crippen LogP contribution < -0.4 is 15.0 Å². The highest BCUT2D eigenvalue weighted by Crippen LogP contribution is 2.34. The van der Waals surface area contributed by atoms with E-state index in [1.165, 1.54) is 37.7 Å². The molecule has 1 aliphatic rings. The van der Waals surface area contributed by atoms with Crippen molar-refractivity contribution >= 4 is 17.1 Å². The molecule has 1 saturated carbocycles. The molecule has 2 aromatic carbocycles. The zero-order valence-electron chi connectivity index (χ0n) is 19.0. The van der Waals surface area contributed by atoms with E-state index in [-0.39, 0.29) is 0 Å². The summed E-state index contributed by atoms with van der Waals surface area (Å²) in [6.45, 7) is 10.8. The van der Waals surface area contributed by atoms with Gasteiger partial charge in [0.15, 0.2) is 0 Å². The van der Waals surface area contributed by atoms with Gasteiger partial charge < -0.3 is 15.0 Å². The van der Waals surface area contributed by atoms with Gasteiger partial charge in [-0.15, -0.1) is 0 Å². The van der Waals surface area contributed by atoms with Gasteiger partial charge in [0.1, 0.15) is 5.75 Å². The number of benzene rings is 2. The Morgan fingerprint density at radius 3 is 2.27 bits per heavy atom. The Morgan fingerprint density at radius 2 is 1.67 bits per heavy atom. The molecule has 0 atom stereocenters. The first kappa shape index (κ1) is 22.3. The standard InChI is InChI=1S/C27H38N2O/c1-5-18-29(19-6-2)26-17-16-25(20-27(26)30-4)28-21(3)22-12-14-24(15-13-22)23-10-8-7-9-11-23/h12-17,20,23,28H,3,5-11,18-19H2,1-2,4H3. The van der Waals surface area contributed by atoms with Crippen molar-refractivity contribution in [3.63, 3.8) is 0 Å². The van der Waals surface area contributed by atoms with E-state index in [4.69, 9.17) is 4.74 Å². The largest absolute Gasteiger partial charge is 0.495 e. The molecule has 0 aromatic heterocycles. The summed E-state index contributed by atoms with van der Waals surface area (Å²) < 4.78 is 5.72. The molecule has 1 fully saturated rings. The van der Waals surface area contributed by atoms with E-state index >= 15 is 0 Å². The summed E-state index contributed by atoms with van der Waals surface area (Å²) in [6.07, 6.45) is 9.04. The van der Waals surface area contributed by atoms with Gasteiger partial charge in [-0.05, 0) is 54.9 Å². The number of nitrogens with zero attached hydrogens (tertiary/aromatic N) is 1. The highest BCUT2D eigenvalue weighted by Gasteiger charge is 2.16. The van der Waals surface area contributed by atoms with E-state index < -0.39 is 0 Å². The van der Waals surface area contributed by atoms with Gasteiger partial charge in [0.05, 0.1) is 12.8 Å². The normalized spacial score (nSPS) is 14.4. The van der Waals surface area contributed by atoms with Crippen molar-refractivity contribution < 1.29 is 4.74 Å². The second-order valence-electron chi connectivity index (χ2n) is 8.43. The summed E-state index contributed by atoms with van der Waals surface area (Å²) in [5.74, 6) is 1.64. The predicted octanol–water partition coefficient (Wildman–Crippen LogP) is 7.45. The lowest BCUT2D eigenvalue weighted by atomic mass is 9.84. The zero-order valence-corrected chi connectivity index (χ0v) is 19.0. The Bertz CT molecular complexity index is 800. The van der Waals surface area contributed by atoms with E-state index in [2.05, 4.69) is 73.1 Å². The minimum atomic E-state index is 0.736. The summed E-state index contributed by atoms with van der Waals surface area (Å²) in [5.41, 5.74) is 5.69. The fraction of sp³-hybridized carbons (Fsp3) is 0.481. The van der Waals surface area contributed by atoms with Crippen molar-refractivity contribution in [1.29, 1.82) is 0 Å². The molecule has 0 spiro atoms. The number of hydrogen-bond donors (Lipinski definition) is 1. The lowest BCUT2D eigenvalue weighted by molar-refractivity contribution is 0.414. The smallest absolute Gasteiger partial charge is 0.144 e. The quantitative estimate of drug-likeness (QED) is 0.443. The minimum Gasteiger partial charge on any atom is -0.495 e. The van der Waals surface area contributed by atoms with Gasteiger partial charge in [0.25, 0.3) is 0 Å². The first-order valence-electron chi connectivity index (χ1n) is 11.7. The molecule has 162 valence electrons. The van der Waals surface area contributed by atoms with Crippen LogP contribution >= 0.6 is 0 Å². The first-order chi connectivity index (χ1) is 14.7. The number of hydrogen-bond acceptors (Lipinski definition) is 3. The Labute approximate surface area is 183 Å². The van der Waals surface area contributed by atoms with Gasteiger partial charge in [-0.1, -0.05) is 64.0 Å². The number of rotatable bonds is 10. The van der Waals surface area contributed by atoms with Crippen LogP contribution in [0.5, 0.6) is 5.75 Å². The van der Waals surface area contributed by atoms with Crippen molar-refractivity contribution in [3.8, 4) is 5.75 Å². The SMILES string of the molecule is C=C(Nc1ccc(N(CCC)CCC)c(OC)c1)c1ccc(C2CCCCC2)cc1. The monoisotopic (exact) mass is 406 g/mol. The molecule has 0 heterocycles. The van der Waals surface area contributed by atoms with Crippen LogP contribution in [-0.2, 0) is 0 Å². The molecule has 0 bridgehead atoms. The van der Waals surface area contributed by atoms with Crippen molar-refractivity contribution in [3.05, 3.63) is 60.2 Å². The highest BCUT2D eigenvalue weighted by atomic mass is 16.5. The molecule has 0 amide bonds. The van der Waals surface area contributed by atoms with Crippen LogP contribution in [0.1, 0.15) is 75.8 Å². The van der Waals surface area contributed by atoms with Crippen LogP contribution in [0.4, 0.5) is 11.4 Å². The molecule has 2 aromatic rings. The second kappa shape index (κ2) is 11.1. The molecule has 3 heteroatoms. The lowest BCUT2D eigenvalue weighted by Crippen LogP contribution is -2.25. The second-order valence-corrected chi connectivity index (χ2v) is 8.43. The van der Waals surface area contributed by atoms with Crippen LogP contribution in [0.2, 0.25) is 0 Å². The van der Waals surface area contributed by atoms with Crippen LogP contribution in [-0.4, -0.2) is 20.2 Å². The maximum Gasteiger partial charge on any atom is 0.144 e. The van der Waals surface area contributed by atoms with Crippen LogP contribution in [0.15, 0.2) is 49.0 Å². The summed E-state index contributed by atoms with van der Waals surface area (Å²) in [5, 5.41) is 3.47. The summed E-state index contributed by atoms with van der Waals surface area (Å²) in [6, 6.07) is 15.3. The molecule has 3 nitrogen and oxygen atoms in total. The topological polar surface area (TPSA) is 24.5 Å². The highest BCUT2D eigenvalue weighted by molar-refractivity contribution is 5.77. The zero-order chi connectivity index (χ0) is 21.3. The summed E-state index contributed by atoms with van der Waals surface area (Å²) >= 11 is 0. The molecular weight excluding hydrogens is 368 g/mol. The fourth-order valence-electron chi connectivity index (χ4n) is 4.55. The van der Waals surface area contributed by atoms with E-state index in [0.29, 0.717) is 0 Å². The van der Waals surface area contributed by atoms with Crippen molar-refractivity contribution in [2.75, 3.05) is 30.4 Å². The van der Waals surface area contributed by atoms with E-state index in [0.717, 1.165) is 60.2 Å². The van der Waals surface area contributed by atoms with E-state index in [1.54, 1.807) is 7.11 Å². The Morgan fingerprint density at radius 1 is 1.00 bits per heavy atom. The molecule has 0 unspecified atom stereocenters. The number of ether oxygens (including phenoxy) is 1. The summed E-state index contributed by atoms with van der Waals surface area (Å²) in [4.78, 5) is 2.40. The summed E-state index contributed by atoms with van der Waals surface area (Å²) in [7, 11) is 1.75. The van der Waals surface area contributed by atoms with Crippen LogP contribution in [0.25, 0.3) is 5.70 Å². The van der Waals surface area contributed by atoms with Gasteiger partial charge in [0.2, 0.25) is 0 Å². The Kier molecular flexibility index (Phi) is 8.24. The molecule has 0 saturated heterocycles. The molecule has 0 radical (unpaired) electrons. The van der Waals surface area contributed by atoms with Crippen LogP contribution in [0, 0.1) is 0 Å². The van der Waals surface area contributed by atoms with Gasteiger partial charge >= 0.3 is 0 Å². The van der Waals surface area contributed by atoms with Gasteiger partial charge in [0, 0.05) is 30.5 Å². The molecule has 3 rings (SSSR count). The number of nitrogens with one attached hydrogen (secondary N) is 1. The van der Waals surface area contributed by atoms with Gasteiger partial charge in [-0.3, -0.25) is 0 Å². The third-order valence-corrected chi connectivity index (χ3v) is 6.14. The number of methoxy groups -OCH3 is 1. The van der Waals surface area contributed by atoms with Gasteiger partial charge in [-0.25, -0.2) is 0 Å². The average Bonchev–Trinajstić information content (AvgIpc) is 2.79. The first-order valence-corrected chi connectivity index (χ1v) is 11.7. The maximum atomic E-state index is 5.72. The molecule has 1 N–H and O–H groups in total. The van der Waals surface area contributed by atoms with E-state index in [1.807, 2.05) is 0 Å². The Balaban J connectivity index is 1.69. The number of anilines is 2.